The number of anilines is 1. The van der Waals surface area contributed by atoms with Gasteiger partial charge >= 0.3 is 12.1 Å². The molecular weight excluding hydrogens is 366 g/mol. The number of rotatable bonds is 4. The molecule has 4 atom stereocenters. The number of alkyl halides is 4. The van der Waals surface area contributed by atoms with Crippen LogP contribution in [0.2, 0.25) is 0 Å². The number of nitrogens with one attached hydrogen (secondary N) is 1. The fourth-order valence-corrected chi connectivity index (χ4v) is 4.00. The van der Waals surface area contributed by atoms with Crippen LogP contribution < -0.4 is 10.2 Å². The third-order valence-corrected chi connectivity index (χ3v) is 5.57. The summed E-state index contributed by atoms with van der Waals surface area (Å²) in [6.45, 7) is 4.45. The fraction of sp³-hybridized carbons (Fsp3) is 0.667. The van der Waals surface area contributed by atoms with Crippen LogP contribution in [0, 0.1) is 17.8 Å². The zero-order valence-corrected chi connectivity index (χ0v) is 14.8. The van der Waals surface area contributed by atoms with Crippen LogP contribution in [-0.2, 0) is 4.79 Å². The first-order valence-corrected chi connectivity index (χ1v) is 9.06. The largest absolute Gasteiger partial charge is 0.490 e. The van der Waals surface area contributed by atoms with Crippen molar-refractivity contribution in [3.05, 3.63) is 24.0 Å². The molecule has 2 N–H and O–H groups in total. The number of carboxylic acids is 1. The molecule has 9 heteroatoms. The highest BCUT2D eigenvalue weighted by Crippen LogP contribution is 2.50. The Morgan fingerprint density at radius 1 is 1.26 bits per heavy atom. The van der Waals surface area contributed by atoms with Crippen molar-refractivity contribution < 1.29 is 27.5 Å². The van der Waals surface area contributed by atoms with Gasteiger partial charge in [0.25, 0.3) is 0 Å². The molecule has 1 aromatic heterocycles. The van der Waals surface area contributed by atoms with Gasteiger partial charge in [0.1, 0.15) is 0 Å². The van der Waals surface area contributed by atoms with E-state index in [0.717, 1.165) is 44.4 Å². The lowest BCUT2D eigenvalue weighted by molar-refractivity contribution is -0.192. The maximum atomic E-state index is 12.4. The molecule has 0 amide bonds. The molecule has 1 aromatic rings. The third kappa shape index (κ3) is 4.88. The number of aliphatic carboxylic acids is 1. The molecule has 2 saturated heterocycles. The highest BCUT2D eigenvalue weighted by molar-refractivity contribution is 5.73. The molecule has 3 aliphatic rings. The number of halogens is 4. The van der Waals surface area contributed by atoms with Gasteiger partial charge in [0.05, 0.1) is 18.6 Å². The molecule has 1 saturated carbocycles. The topological polar surface area (TPSA) is 65.5 Å². The van der Waals surface area contributed by atoms with Gasteiger partial charge in [-0.1, -0.05) is 0 Å². The quantitative estimate of drug-likeness (QED) is 0.776. The Kier molecular flexibility index (Phi) is 5.88. The van der Waals surface area contributed by atoms with Crippen LogP contribution in [0.5, 0.6) is 0 Å². The Balaban J connectivity index is 0.000000260. The van der Waals surface area contributed by atoms with Gasteiger partial charge in [-0.25, -0.2) is 4.79 Å². The highest BCUT2D eigenvalue weighted by Gasteiger charge is 2.40. The first kappa shape index (κ1) is 19.9. The summed E-state index contributed by atoms with van der Waals surface area (Å²) < 4.78 is 44.1. The molecular formula is C18H23F4N3O2. The molecule has 27 heavy (non-hydrogen) atoms. The number of hydrogen-bond acceptors (Lipinski definition) is 4. The summed E-state index contributed by atoms with van der Waals surface area (Å²) in [5.41, 5.74) is 2.58. The lowest BCUT2D eigenvalue weighted by atomic mass is 10.0. The van der Waals surface area contributed by atoms with Crippen molar-refractivity contribution in [1.29, 1.82) is 0 Å². The Labute approximate surface area is 154 Å². The third-order valence-electron chi connectivity index (χ3n) is 5.57. The molecule has 1 aliphatic carbocycles. The van der Waals surface area contributed by atoms with Crippen molar-refractivity contribution in [3.8, 4) is 0 Å². The van der Waals surface area contributed by atoms with Gasteiger partial charge in [0, 0.05) is 32.4 Å². The van der Waals surface area contributed by atoms with E-state index < -0.39 is 12.1 Å². The first-order chi connectivity index (χ1) is 12.8. The lowest BCUT2D eigenvalue weighted by Gasteiger charge is -2.20. The van der Waals surface area contributed by atoms with Crippen LogP contribution in [0.4, 0.5) is 23.2 Å². The molecule has 150 valence electrons. The van der Waals surface area contributed by atoms with Crippen molar-refractivity contribution in [2.75, 3.05) is 37.8 Å². The number of carbonyl (C=O) groups is 1. The van der Waals surface area contributed by atoms with Crippen LogP contribution in [0.15, 0.2) is 18.5 Å². The van der Waals surface area contributed by atoms with E-state index in [9.17, 15) is 17.6 Å². The average molecular weight is 389 g/mol. The van der Waals surface area contributed by atoms with Gasteiger partial charge in [0.2, 0.25) is 0 Å². The Morgan fingerprint density at radius 3 is 2.44 bits per heavy atom. The van der Waals surface area contributed by atoms with Crippen LogP contribution in [0.1, 0.15) is 24.3 Å². The Morgan fingerprint density at radius 2 is 1.89 bits per heavy atom. The summed E-state index contributed by atoms with van der Waals surface area (Å²) in [6.07, 6.45) is 0.744. The Bertz CT molecular complexity index is 658. The molecule has 0 aromatic carbocycles. The first-order valence-electron chi connectivity index (χ1n) is 9.06. The second kappa shape index (κ2) is 8.00. The molecule has 0 unspecified atom stereocenters. The minimum Gasteiger partial charge on any atom is -0.475 e. The number of carboxylic acid groups (broad SMARTS) is 1. The van der Waals surface area contributed by atoms with Crippen LogP contribution in [-0.4, -0.2) is 55.1 Å². The zero-order valence-electron chi connectivity index (χ0n) is 14.8. The van der Waals surface area contributed by atoms with E-state index in [-0.39, 0.29) is 6.67 Å². The summed E-state index contributed by atoms with van der Waals surface area (Å²) in [5, 5.41) is 10.6. The molecule has 0 radical (unpaired) electrons. The molecule has 3 heterocycles. The second-order valence-corrected chi connectivity index (χ2v) is 7.44. The van der Waals surface area contributed by atoms with Gasteiger partial charge in [0.15, 0.2) is 0 Å². The summed E-state index contributed by atoms with van der Waals surface area (Å²) in [4.78, 5) is 15.8. The number of hydrogen-bond donors (Lipinski definition) is 2. The van der Waals surface area contributed by atoms with E-state index in [1.165, 1.54) is 11.3 Å². The van der Waals surface area contributed by atoms with Gasteiger partial charge < -0.3 is 15.3 Å². The van der Waals surface area contributed by atoms with Crippen molar-refractivity contribution >= 4 is 11.7 Å². The van der Waals surface area contributed by atoms with Crippen molar-refractivity contribution in [1.82, 2.24) is 10.3 Å². The van der Waals surface area contributed by atoms with E-state index in [2.05, 4.69) is 21.3 Å². The minimum atomic E-state index is -5.08. The number of aromatic nitrogens is 1. The smallest absolute Gasteiger partial charge is 0.475 e. The molecule has 0 spiro atoms. The second-order valence-electron chi connectivity index (χ2n) is 7.44. The van der Waals surface area contributed by atoms with Gasteiger partial charge in [-0.05, 0) is 48.1 Å². The highest BCUT2D eigenvalue weighted by atomic mass is 19.4. The number of pyridine rings is 1. The van der Waals surface area contributed by atoms with Crippen molar-refractivity contribution in [2.24, 2.45) is 17.8 Å². The van der Waals surface area contributed by atoms with E-state index in [1.54, 1.807) is 0 Å². The van der Waals surface area contributed by atoms with E-state index in [0.29, 0.717) is 18.3 Å². The van der Waals surface area contributed by atoms with Crippen LogP contribution >= 0.6 is 0 Å². The summed E-state index contributed by atoms with van der Waals surface area (Å²) in [6, 6.07) is 2.30. The predicted molar refractivity (Wildman–Crippen MR) is 91.4 cm³/mol. The number of nitrogens with zero attached hydrogens (tertiary/aromatic N) is 2. The summed E-state index contributed by atoms with van der Waals surface area (Å²) >= 11 is 0. The lowest BCUT2D eigenvalue weighted by Crippen LogP contribution is -2.25. The molecule has 0 bridgehead atoms. The van der Waals surface area contributed by atoms with E-state index >= 15 is 0 Å². The fourth-order valence-electron chi connectivity index (χ4n) is 4.00. The minimum absolute atomic E-state index is 0.184. The van der Waals surface area contributed by atoms with Gasteiger partial charge in [-0.15, -0.1) is 0 Å². The average Bonchev–Trinajstić information content (AvgIpc) is 3.05. The summed E-state index contributed by atoms with van der Waals surface area (Å²) in [7, 11) is 0. The van der Waals surface area contributed by atoms with Crippen LogP contribution in [0.3, 0.4) is 0 Å². The SMILES string of the molecule is FCC[C@H]1C[C@@H]1c1cncc(N2C[C@H]3CNC[C@H]3C2)c1.O=C(O)C(F)(F)F. The standard InChI is InChI=1S/C16H22FN3.C2HF3O2/c17-2-1-11-4-16(11)12-3-15(8-19-5-12)20-9-13-6-18-7-14(13)10-20;3-2(4,5)1(6)7/h3,5,8,11,13-14,16,18H,1-2,4,6-7,9-10H2;(H,6,7)/t11-,13-,14+,16-;/m0./s1. The molecule has 3 fully saturated rings. The predicted octanol–water partition coefficient (Wildman–Crippen LogP) is 2.83. The normalized spacial score (nSPS) is 29.1. The molecule has 2 aliphatic heterocycles. The Hall–Kier alpha value is -1.90. The maximum absolute atomic E-state index is 12.4. The van der Waals surface area contributed by atoms with E-state index in [4.69, 9.17) is 9.90 Å². The van der Waals surface area contributed by atoms with E-state index in [1.807, 2.05) is 12.4 Å². The van der Waals surface area contributed by atoms with Crippen molar-refractivity contribution in [2.45, 2.75) is 24.9 Å². The van der Waals surface area contributed by atoms with Gasteiger partial charge in [-0.3, -0.25) is 9.37 Å². The maximum Gasteiger partial charge on any atom is 0.490 e. The zero-order chi connectivity index (χ0) is 19.6. The number of fused-ring (bicyclic) bond motifs is 1. The summed E-state index contributed by atoms with van der Waals surface area (Å²) in [5.74, 6) is -0.0357. The molecule has 4 rings (SSSR count). The van der Waals surface area contributed by atoms with Crippen molar-refractivity contribution in [3.63, 3.8) is 0 Å². The molecule has 5 nitrogen and oxygen atoms in total. The van der Waals surface area contributed by atoms with Crippen LogP contribution in [0.25, 0.3) is 0 Å². The monoisotopic (exact) mass is 389 g/mol. The van der Waals surface area contributed by atoms with Gasteiger partial charge in [-0.2, -0.15) is 13.2 Å².